The summed E-state index contributed by atoms with van der Waals surface area (Å²) in [6.45, 7) is 1.50. The molecule has 2 aromatic rings. The van der Waals surface area contributed by atoms with Crippen LogP contribution in [0, 0.1) is 11.6 Å². The number of nitrogens with one attached hydrogen (secondary N) is 1. The van der Waals surface area contributed by atoms with E-state index in [1.54, 1.807) is 4.90 Å². The fourth-order valence-electron chi connectivity index (χ4n) is 4.82. The highest BCUT2D eigenvalue weighted by atomic mass is 19.1. The Morgan fingerprint density at radius 2 is 2.03 bits per heavy atom. The molecule has 5 rings (SSSR count). The molecule has 2 amide bonds. The highest BCUT2D eigenvalue weighted by Crippen LogP contribution is 2.35. The summed E-state index contributed by atoms with van der Waals surface area (Å²) < 4.78 is 28.3. The molecule has 0 bridgehead atoms. The molecule has 1 aromatic carbocycles. The van der Waals surface area contributed by atoms with Crippen molar-refractivity contribution in [3.8, 4) is 5.75 Å². The van der Waals surface area contributed by atoms with Gasteiger partial charge in [0.05, 0.1) is 6.54 Å². The number of fused-ring (bicyclic) bond motifs is 4. The van der Waals surface area contributed by atoms with Gasteiger partial charge in [0.2, 0.25) is 5.43 Å². The maximum absolute atomic E-state index is 13.8. The van der Waals surface area contributed by atoms with Crippen LogP contribution in [0.25, 0.3) is 0 Å². The first-order chi connectivity index (χ1) is 14.8. The average Bonchev–Trinajstić information content (AvgIpc) is 3.32. The molecule has 3 aliphatic rings. The van der Waals surface area contributed by atoms with Gasteiger partial charge in [-0.25, -0.2) is 8.78 Å². The van der Waals surface area contributed by atoms with E-state index in [0.29, 0.717) is 19.2 Å². The van der Waals surface area contributed by atoms with Gasteiger partial charge in [0.25, 0.3) is 11.8 Å². The maximum atomic E-state index is 13.8. The van der Waals surface area contributed by atoms with Crippen molar-refractivity contribution in [1.82, 2.24) is 19.7 Å². The molecule has 3 aliphatic heterocycles. The number of rotatable bonds is 3. The molecule has 2 fully saturated rings. The Bertz CT molecular complexity index is 1160. The molecule has 2 N–H and O–H groups in total. The molecule has 31 heavy (non-hydrogen) atoms. The van der Waals surface area contributed by atoms with Crippen LogP contribution in [0.3, 0.4) is 0 Å². The van der Waals surface area contributed by atoms with E-state index in [1.807, 2.05) is 0 Å². The molecule has 0 saturated carbocycles. The van der Waals surface area contributed by atoms with Gasteiger partial charge >= 0.3 is 0 Å². The minimum atomic E-state index is -0.963. The highest BCUT2D eigenvalue weighted by molar-refractivity contribution is 5.99. The van der Waals surface area contributed by atoms with Crippen molar-refractivity contribution in [2.75, 3.05) is 13.1 Å². The second-order valence-electron chi connectivity index (χ2n) is 8.11. The van der Waals surface area contributed by atoms with Crippen molar-refractivity contribution in [2.45, 2.75) is 38.1 Å². The summed E-state index contributed by atoms with van der Waals surface area (Å²) in [5, 5.41) is 12.9. The van der Waals surface area contributed by atoms with E-state index in [1.165, 1.54) is 16.8 Å². The van der Waals surface area contributed by atoms with Gasteiger partial charge in [-0.05, 0) is 18.9 Å². The van der Waals surface area contributed by atoms with Crippen molar-refractivity contribution in [3.63, 3.8) is 0 Å². The number of hydrogen-bond donors (Lipinski definition) is 2. The molecule has 162 valence electrons. The summed E-state index contributed by atoms with van der Waals surface area (Å²) >= 11 is 0. The van der Waals surface area contributed by atoms with Crippen LogP contribution >= 0.6 is 0 Å². The Kier molecular flexibility index (Phi) is 4.54. The van der Waals surface area contributed by atoms with Crippen LogP contribution < -0.4 is 10.7 Å². The van der Waals surface area contributed by atoms with E-state index >= 15 is 0 Å². The number of nitrogens with zero attached hydrogens (tertiary/aromatic N) is 3. The van der Waals surface area contributed by atoms with Gasteiger partial charge in [-0.1, -0.05) is 6.07 Å². The zero-order valence-electron chi connectivity index (χ0n) is 16.5. The average molecular weight is 430 g/mol. The minimum Gasteiger partial charge on any atom is -0.503 e. The largest absolute Gasteiger partial charge is 0.503 e. The Balaban J connectivity index is 1.43. The standard InChI is InChI=1S/C21H20F2N4O4/c22-12-4-3-11(15(23)6-12)7-24-20(30)14-9-25-10-16-26-5-1-2-13(26)8-27(16)21(31)17(25)19(29)18(14)28/h3-4,6,9,13,16,29H,1-2,5,7-8,10H2,(H,24,30)/t13-,16?/m1/s1. The van der Waals surface area contributed by atoms with Crippen LogP contribution in [0.1, 0.15) is 39.3 Å². The highest BCUT2D eigenvalue weighted by Gasteiger charge is 2.48. The van der Waals surface area contributed by atoms with Gasteiger partial charge in [0.15, 0.2) is 11.4 Å². The molecule has 0 aliphatic carbocycles. The van der Waals surface area contributed by atoms with E-state index in [4.69, 9.17) is 0 Å². The summed E-state index contributed by atoms with van der Waals surface area (Å²) in [6, 6.07) is 3.23. The van der Waals surface area contributed by atoms with E-state index in [9.17, 15) is 28.3 Å². The van der Waals surface area contributed by atoms with E-state index in [2.05, 4.69) is 10.2 Å². The number of benzene rings is 1. The summed E-state index contributed by atoms with van der Waals surface area (Å²) in [4.78, 5) is 42.1. The molecular weight excluding hydrogens is 410 g/mol. The lowest BCUT2D eigenvalue weighted by Crippen LogP contribution is -2.50. The topological polar surface area (TPSA) is 94.9 Å². The molecule has 2 saturated heterocycles. The second-order valence-corrected chi connectivity index (χ2v) is 8.11. The van der Waals surface area contributed by atoms with Crippen molar-refractivity contribution >= 4 is 11.8 Å². The predicted molar refractivity (Wildman–Crippen MR) is 104 cm³/mol. The van der Waals surface area contributed by atoms with E-state index in [-0.39, 0.29) is 35.6 Å². The van der Waals surface area contributed by atoms with Crippen LogP contribution in [0.4, 0.5) is 8.78 Å². The Morgan fingerprint density at radius 1 is 1.23 bits per heavy atom. The summed E-state index contributed by atoms with van der Waals surface area (Å²) in [7, 11) is 0. The Morgan fingerprint density at radius 3 is 2.81 bits per heavy atom. The number of aromatic hydroxyl groups is 1. The molecular formula is C21H20F2N4O4. The second kappa shape index (κ2) is 7.16. The first-order valence-electron chi connectivity index (χ1n) is 10.1. The van der Waals surface area contributed by atoms with Crippen molar-refractivity contribution in [1.29, 1.82) is 0 Å². The van der Waals surface area contributed by atoms with Gasteiger partial charge in [-0.15, -0.1) is 0 Å². The zero-order chi connectivity index (χ0) is 21.9. The van der Waals surface area contributed by atoms with Gasteiger partial charge in [-0.3, -0.25) is 19.3 Å². The fraction of sp³-hybridized carbons (Fsp3) is 0.381. The molecule has 10 heteroatoms. The molecule has 4 heterocycles. The third-order valence-corrected chi connectivity index (χ3v) is 6.35. The lowest BCUT2D eigenvalue weighted by Gasteiger charge is -2.35. The molecule has 8 nitrogen and oxygen atoms in total. The summed E-state index contributed by atoms with van der Waals surface area (Å²) in [6.07, 6.45) is 3.14. The molecule has 1 unspecified atom stereocenters. The first-order valence-corrected chi connectivity index (χ1v) is 10.1. The maximum Gasteiger partial charge on any atom is 0.275 e. The van der Waals surface area contributed by atoms with E-state index in [0.717, 1.165) is 25.5 Å². The summed E-state index contributed by atoms with van der Waals surface area (Å²) in [5.74, 6) is -3.58. The number of carbonyl (C=O) groups excluding carboxylic acids is 2. The predicted octanol–water partition coefficient (Wildman–Crippen LogP) is 1.02. The third-order valence-electron chi connectivity index (χ3n) is 6.35. The van der Waals surface area contributed by atoms with Gasteiger partial charge in [-0.2, -0.15) is 0 Å². The SMILES string of the molecule is O=C(NCc1ccc(F)cc1F)c1cn2c(c(O)c1=O)C(=O)N1C[C@H]3CCCN3C1C2. The van der Waals surface area contributed by atoms with Crippen LogP contribution in [-0.2, 0) is 13.1 Å². The third kappa shape index (κ3) is 3.09. The molecule has 1 aromatic heterocycles. The van der Waals surface area contributed by atoms with Gasteiger partial charge in [0, 0.05) is 43.5 Å². The fourth-order valence-corrected chi connectivity index (χ4v) is 4.82. The van der Waals surface area contributed by atoms with Crippen LogP contribution in [0.5, 0.6) is 5.75 Å². The number of aromatic nitrogens is 1. The Hall–Kier alpha value is -3.27. The lowest BCUT2D eigenvalue weighted by atomic mass is 10.1. The van der Waals surface area contributed by atoms with Crippen LogP contribution in [0.15, 0.2) is 29.2 Å². The summed E-state index contributed by atoms with van der Waals surface area (Å²) in [5.41, 5.74) is -1.38. The Labute approximate surface area is 175 Å². The molecule has 2 atom stereocenters. The number of pyridine rings is 1. The van der Waals surface area contributed by atoms with Gasteiger partial charge in [0.1, 0.15) is 23.4 Å². The zero-order valence-corrected chi connectivity index (χ0v) is 16.5. The first kappa shape index (κ1) is 19.7. The quantitative estimate of drug-likeness (QED) is 0.759. The van der Waals surface area contributed by atoms with Crippen LogP contribution in [-0.4, -0.2) is 56.6 Å². The number of halogens is 2. The van der Waals surface area contributed by atoms with E-state index < -0.39 is 34.6 Å². The normalized spacial score (nSPS) is 22.3. The lowest BCUT2D eigenvalue weighted by molar-refractivity contribution is 0.0513. The molecule has 0 spiro atoms. The van der Waals surface area contributed by atoms with Gasteiger partial charge < -0.3 is 19.9 Å². The number of hydrogen-bond acceptors (Lipinski definition) is 5. The van der Waals surface area contributed by atoms with Crippen molar-refractivity contribution < 1.29 is 23.5 Å². The number of amides is 2. The van der Waals surface area contributed by atoms with Crippen LogP contribution in [0.2, 0.25) is 0 Å². The van der Waals surface area contributed by atoms with Crippen molar-refractivity contribution in [3.05, 3.63) is 63.1 Å². The number of carbonyl (C=O) groups is 2. The van der Waals surface area contributed by atoms with Crippen molar-refractivity contribution in [2.24, 2.45) is 0 Å². The monoisotopic (exact) mass is 430 g/mol. The smallest absolute Gasteiger partial charge is 0.275 e. The molecule has 0 radical (unpaired) electrons. The minimum absolute atomic E-state index is 0.0499.